The molecule has 0 saturated heterocycles. The van der Waals surface area contributed by atoms with Crippen molar-refractivity contribution in [1.82, 2.24) is 4.57 Å². The Morgan fingerprint density at radius 1 is 0.783 bits per heavy atom. The van der Waals surface area contributed by atoms with Gasteiger partial charge in [-0.2, -0.15) is 8.42 Å². The molecular formula is C38H34FNO5S. The summed E-state index contributed by atoms with van der Waals surface area (Å²) in [6, 6.07) is 35.7. The third-order valence-corrected chi connectivity index (χ3v) is 9.08. The maximum atomic E-state index is 16.4. The summed E-state index contributed by atoms with van der Waals surface area (Å²) in [7, 11) is -2.74. The Hall–Kier alpha value is -4.92. The molecule has 0 saturated carbocycles. The largest absolute Gasteiger partial charge is 0.496 e. The molecule has 1 N–H and O–H groups in total. The quantitative estimate of drug-likeness (QED) is 0.145. The van der Waals surface area contributed by atoms with Crippen molar-refractivity contribution in [3.05, 3.63) is 149 Å². The molecule has 234 valence electrons. The topological polar surface area (TPSA) is 77.8 Å². The van der Waals surface area contributed by atoms with E-state index in [-0.39, 0.29) is 10.7 Å². The number of ether oxygens (including phenoxy) is 2. The van der Waals surface area contributed by atoms with E-state index in [2.05, 4.69) is 0 Å². The van der Waals surface area contributed by atoms with Gasteiger partial charge in [0, 0.05) is 17.5 Å². The lowest BCUT2D eigenvalue weighted by molar-refractivity contribution is 0.306. The summed E-state index contributed by atoms with van der Waals surface area (Å²) < 4.78 is 63.5. The van der Waals surface area contributed by atoms with Crippen LogP contribution in [0, 0.1) is 12.7 Å². The molecule has 0 aliphatic carbocycles. The number of nitrogens with zero attached hydrogens (tertiary/aromatic N) is 1. The molecule has 0 spiro atoms. The summed E-state index contributed by atoms with van der Waals surface area (Å²) in [6.07, 6.45) is 1.04. The fourth-order valence-electron chi connectivity index (χ4n) is 5.82. The van der Waals surface area contributed by atoms with Crippen LogP contribution in [0.5, 0.6) is 11.5 Å². The van der Waals surface area contributed by atoms with Gasteiger partial charge >= 0.3 is 0 Å². The van der Waals surface area contributed by atoms with Gasteiger partial charge in [-0.15, -0.1) is 0 Å². The van der Waals surface area contributed by atoms with Crippen LogP contribution < -0.4 is 9.47 Å². The van der Waals surface area contributed by atoms with Crippen molar-refractivity contribution in [1.29, 1.82) is 0 Å². The Kier molecular flexibility index (Phi) is 8.92. The lowest BCUT2D eigenvalue weighted by Gasteiger charge is -2.14. The van der Waals surface area contributed by atoms with Crippen molar-refractivity contribution in [2.75, 3.05) is 7.11 Å². The van der Waals surface area contributed by atoms with E-state index >= 15 is 4.39 Å². The first-order chi connectivity index (χ1) is 22.2. The van der Waals surface area contributed by atoms with Crippen LogP contribution >= 0.6 is 0 Å². The van der Waals surface area contributed by atoms with E-state index in [0.717, 1.165) is 27.8 Å². The van der Waals surface area contributed by atoms with Gasteiger partial charge in [0.25, 0.3) is 10.1 Å². The Balaban J connectivity index is 1.30. The monoisotopic (exact) mass is 635 g/mol. The van der Waals surface area contributed by atoms with Gasteiger partial charge in [-0.05, 0) is 78.4 Å². The Morgan fingerprint density at radius 3 is 2.24 bits per heavy atom. The molecule has 0 amide bonds. The minimum absolute atomic E-state index is 0.0614. The predicted molar refractivity (Wildman–Crippen MR) is 179 cm³/mol. The van der Waals surface area contributed by atoms with Gasteiger partial charge in [0.1, 0.15) is 18.1 Å². The minimum Gasteiger partial charge on any atom is -0.496 e. The average Bonchev–Trinajstić information content (AvgIpc) is 3.33. The van der Waals surface area contributed by atoms with Gasteiger partial charge in [-0.3, -0.25) is 4.55 Å². The van der Waals surface area contributed by atoms with Crippen LogP contribution in [0.2, 0.25) is 0 Å². The highest BCUT2D eigenvalue weighted by Crippen LogP contribution is 2.39. The lowest BCUT2D eigenvalue weighted by atomic mass is 10.0. The number of rotatable bonds is 11. The molecule has 0 atom stereocenters. The van der Waals surface area contributed by atoms with Gasteiger partial charge in [0.15, 0.2) is 5.82 Å². The zero-order valence-electron chi connectivity index (χ0n) is 25.6. The normalized spacial score (nSPS) is 11.6. The third-order valence-electron chi connectivity index (χ3n) is 8.12. The molecule has 0 fully saturated rings. The molecule has 0 aliphatic heterocycles. The number of benzene rings is 5. The zero-order chi connectivity index (χ0) is 32.3. The fourth-order valence-corrected chi connectivity index (χ4v) is 6.55. The van der Waals surface area contributed by atoms with Crippen molar-refractivity contribution in [3.8, 4) is 22.8 Å². The van der Waals surface area contributed by atoms with E-state index in [1.54, 1.807) is 25.3 Å². The van der Waals surface area contributed by atoms with E-state index in [1.165, 1.54) is 6.07 Å². The molecule has 1 heterocycles. The van der Waals surface area contributed by atoms with Crippen LogP contribution in [-0.2, 0) is 36.1 Å². The number of aryl methyl sites for hydroxylation is 3. The van der Waals surface area contributed by atoms with Crippen molar-refractivity contribution in [2.24, 2.45) is 0 Å². The van der Waals surface area contributed by atoms with Crippen LogP contribution in [0.4, 0.5) is 4.39 Å². The van der Waals surface area contributed by atoms with E-state index in [1.807, 2.05) is 102 Å². The van der Waals surface area contributed by atoms with Crippen molar-refractivity contribution < 1.29 is 26.8 Å². The first-order valence-electron chi connectivity index (χ1n) is 15.0. The first-order valence-corrected chi connectivity index (χ1v) is 16.4. The minimum atomic E-state index is -4.31. The maximum Gasteiger partial charge on any atom is 0.294 e. The molecule has 6 aromatic rings. The smallest absolute Gasteiger partial charge is 0.294 e. The third kappa shape index (κ3) is 6.68. The molecule has 46 heavy (non-hydrogen) atoms. The Labute approximate surface area is 268 Å². The first kappa shape index (κ1) is 31.1. The number of hydrogen-bond acceptors (Lipinski definition) is 4. The van der Waals surface area contributed by atoms with Crippen LogP contribution in [0.15, 0.2) is 120 Å². The number of fused-ring (bicyclic) bond motifs is 1. The van der Waals surface area contributed by atoms with E-state index in [0.29, 0.717) is 59.7 Å². The molecule has 8 heteroatoms. The molecular weight excluding hydrogens is 601 g/mol. The van der Waals surface area contributed by atoms with Crippen LogP contribution in [-0.4, -0.2) is 24.6 Å². The number of aromatic nitrogens is 1. The number of halogens is 1. The molecule has 0 bridgehead atoms. The molecule has 6 nitrogen and oxygen atoms in total. The maximum absolute atomic E-state index is 16.4. The van der Waals surface area contributed by atoms with Crippen molar-refractivity contribution in [3.63, 3.8) is 0 Å². The van der Waals surface area contributed by atoms with Crippen LogP contribution in [0.25, 0.3) is 22.2 Å². The number of methoxy groups -OCH3 is 1. The molecule has 0 aliphatic rings. The summed E-state index contributed by atoms with van der Waals surface area (Å²) in [5, 5.41) is 0.455. The van der Waals surface area contributed by atoms with Gasteiger partial charge in [0.05, 0.1) is 23.2 Å². The molecule has 0 radical (unpaired) electrons. The van der Waals surface area contributed by atoms with Crippen molar-refractivity contribution in [2.45, 2.75) is 37.8 Å². The number of para-hydroxylation sites is 1. The second-order valence-corrected chi connectivity index (χ2v) is 12.7. The SMILES string of the molecule is COc1ccccc1-c1c(F)c2cc(OCc3ccccc3)ccc2n1Cc1ccc(CCc2cc(C)ccc2S(=O)(=O)O)cc1. The summed E-state index contributed by atoms with van der Waals surface area (Å²) in [4.78, 5) is -0.0614. The highest BCUT2D eigenvalue weighted by Gasteiger charge is 2.22. The van der Waals surface area contributed by atoms with Gasteiger partial charge in [-0.25, -0.2) is 4.39 Å². The average molecular weight is 636 g/mol. The second kappa shape index (κ2) is 13.2. The van der Waals surface area contributed by atoms with E-state index < -0.39 is 10.1 Å². The van der Waals surface area contributed by atoms with E-state index in [9.17, 15) is 13.0 Å². The second-order valence-electron chi connectivity index (χ2n) is 11.3. The molecule has 0 unspecified atom stereocenters. The Morgan fingerprint density at radius 2 is 1.50 bits per heavy atom. The van der Waals surface area contributed by atoms with E-state index in [4.69, 9.17) is 9.47 Å². The highest BCUT2D eigenvalue weighted by atomic mass is 32.2. The molecule has 6 rings (SSSR count). The van der Waals surface area contributed by atoms with Gasteiger partial charge in [-0.1, -0.05) is 84.4 Å². The summed E-state index contributed by atoms with van der Waals surface area (Å²) >= 11 is 0. The molecule has 1 aromatic heterocycles. The van der Waals surface area contributed by atoms with Crippen LogP contribution in [0.3, 0.4) is 0 Å². The zero-order valence-corrected chi connectivity index (χ0v) is 26.4. The standard InChI is InChI=1S/C38H34FNO5S/c1-26-12-21-36(46(41,42)43)30(22-26)18-17-27-13-15-28(16-14-27)24-40-34-20-19-31(45-25-29-8-4-3-5-9-29)23-33(34)37(39)38(40)32-10-6-7-11-35(32)44-2/h3-16,19-23H,17-18,24-25H2,1-2H3,(H,41,42,43). The lowest BCUT2D eigenvalue weighted by Crippen LogP contribution is -2.05. The molecule has 5 aromatic carbocycles. The summed E-state index contributed by atoms with van der Waals surface area (Å²) in [6.45, 7) is 2.67. The van der Waals surface area contributed by atoms with Crippen LogP contribution in [0.1, 0.15) is 27.8 Å². The van der Waals surface area contributed by atoms with Crippen molar-refractivity contribution >= 4 is 21.0 Å². The predicted octanol–water partition coefficient (Wildman–Crippen LogP) is 8.42. The highest BCUT2D eigenvalue weighted by molar-refractivity contribution is 7.85. The van der Waals surface area contributed by atoms with Gasteiger partial charge in [0.2, 0.25) is 0 Å². The summed E-state index contributed by atoms with van der Waals surface area (Å²) in [5.74, 6) is 0.796. The van der Waals surface area contributed by atoms with Gasteiger partial charge < -0.3 is 14.0 Å². The fraction of sp³-hybridized carbons (Fsp3) is 0.158. The summed E-state index contributed by atoms with van der Waals surface area (Å²) in [5.41, 5.74) is 6.31. The number of hydrogen-bond donors (Lipinski definition) is 1. The Bertz CT molecular complexity index is 2110.